The Morgan fingerprint density at radius 2 is 1.84 bits per heavy atom. The third kappa shape index (κ3) is 8.76. The van der Waals surface area contributed by atoms with Gasteiger partial charge in [0.05, 0.1) is 13.7 Å². The number of rotatable bonds is 11. The molecule has 8 heteroatoms. The third-order valence-electron chi connectivity index (χ3n) is 4.35. The number of halogens is 1. The van der Waals surface area contributed by atoms with E-state index in [4.69, 9.17) is 21.1 Å². The lowest BCUT2D eigenvalue weighted by molar-refractivity contribution is -0.122. The molecule has 0 radical (unpaired) electrons. The number of likely N-dealkylation sites (N-methyl/N-ethyl adjacent to an activating group) is 1. The summed E-state index contributed by atoms with van der Waals surface area (Å²) in [5.74, 6) is 1.97. The standard InChI is InChI=1S/C23H31ClN4O3/c1-4-25-22(29)16-31-20-8-6-7-17(13-20)15-28-23(26-5-2)27-12-11-18-9-10-19(30-3)14-21(18)24/h6-10,13-14H,4-5,11-12,15-16H2,1-3H3,(H,25,29)(H2,26,27,28). The molecule has 0 saturated carbocycles. The molecule has 7 nitrogen and oxygen atoms in total. The molecule has 0 bridgehead atoms. The Kier molecular flexibility index (Phi) is 10.5. The monoisotopic (exact) mass is 446 g/mol. The summed E-state index contributed by atoms with van der Waals surface area (Å²) < 4.78 is 10.7. The number of ether oxygens (including phenoxy) is 2. The number of aliphatic imine (C=N–C) groups is 1. The van der Waals surface area contributed by atoms with Crippen molar-refractivity contribution in [2.75, 3.05) is 33.4 Å². The van der Waals surface area contributed by atoms with Gasteiger partial charge >= 0.3 is 0 Å². The number of benzene rings is 2. The molecule has 2 rings (SSSR count). The molecule has 0 aliphatic heterocycles. The molecule has 0 fully saturated rings. The highest BCUT2D eigenvalue weighted by Crippen LogP contribution is 2.22. The van der Waals surface area contributed by atoms with E-state index >= 15 is 0 Å². The predicted molar refractivity (Wildman–Crippen MR) is 125 cm³/mol. The zero-order valence-corrected chi connectivity index (χ0v) is 19.1. The van der Waals surface area contributed by atoms with Gasteiger partial charge in [0.2, 0.25) is 0 Å². The first-order valence-corrected chi connectivity index (χ1v) is 10.8. The Labute approximate surface area is 189 Å². The van der Waals surface area contributed by atoms with Crippen molar-refractivity contribution in [3.8, 4) is 11.5 Å². The van der Waals surface area contributed by atoms with Crippen LogP contribution in [-0.4, -0.2) is 45.2 Å². The normalized spacial score (nSPS) is 11.0. The fraction of sp³-hybridized carbons (Fsp3) is 0.391. The van der Waals surface area contributed by atoms with E-state index in [0.29, 0.717) is 30.4 Å². The molecular weight excluding hydrogens is 416 g/mol. The van der Waals surface area contributed by atoms with E-state index in [2.05, 4.69) is 20.9 Å². The van der Waals surface area contributed by atoms with E-state index in [9.17, 15) is 4.79 Å². The lowest BCUT2D eigenvalue weighted by Gasteiger charge is -2.12. The van der Waals surface area contributed by atoms with Crippen molar-refractivity contribution in [2.24, 2.45) is 4.99 Å². The molecule has 0 atom stereocenters. The average Bonchev–Trinajstić information content (AvgIpc) is 2.77. The Morgan fingerprint density at radius 1 is 1.03 bits per heavy atom. The van der Waals surface area contributed by atoms with Crippen LogP contribution in [0.25, 0.3) is 0 Å². The lowest BCUT2D eigenvalue weighted by atomic mass is 10.1. The number of nitrogens with zero attached hydrogens (tertiary/aromatic N) is 1. The summed E-state index contributed by atoms with van der Waals surface area (Å²) in [6.45, 7) is 6.40. The molecule has 0 aliphatic carbocycles. The number of nitrogens with one attached hydrogen (secondary N) is 3. The van der Waals surface area contributed by atoms with Gasteiger partial charge in [-0.1, -0.05) is 29.8 Å². The van der Waals surface area contributed by atoms with Crippen molar-refractivity contribution in [1.29, 1.82) is 0 Å². The summed E-state index contributed by atoms with van der Waals surface area (Å²) in [6.07, 6.45) is 0.760. The number of amides is 1. The Morgan fingerprint density at radius 3 is 2.55 bits per heavy atom. The highest BCUT2D eigenvalue weighted by atomic mass is 35.5. The molecule has 168 valence electrons. The SMILES string of the molecule is CCNC(=O)COc1cccc(CN=C(NCC)NCCc2ccc(OC)cc2Cl)c1. The Bertz CT molecular complexity index is 874. The van der Waals surface area contributed by atoms with E-state index in [-0.39, 0.29) is 12.5 Å². The van der Waals surface area contributed by atoms with Gasteiger partial charge in [-0.2, -0.15) is 0 Å². The number of methoxy groups -OCH3 is 1. The van der Waals surface area contributed by atoms with Gasteiger partial charge in [-0.3, -0.25) is 4.79 Å². The van der Waals surface area contributed by atoms with E-state index in [0.717, 1.165) is 35.8 Å². The fourth-order valence-corrected chi connectivity index (χ4v) is 3.08. The minimum Gasteiger partial charge on any atom is -0.497 e. The van der Waals surface area contributed by atoms with E-state index in [1.54, 1.807) is 7.11 Å². The second-order valence-corrected chi connectivity index (χ2v) is 7.13. The van der Waals surface area contributed by atoms with Crippen molar-refractivity contribution in [1.82, 2.24) is 16.0 Å². The van der Waals surface area contributed by atoms with Crippen molar-refractivity contribution in [3.05, 3.63) is 58.6 Å². The maximum atomic E-state index is 11.6. The first-order chi connectivity index (χ1) is 15.0. The van der Waals surface area contributed by atoms with Crippen LogP contribution >= 0.6 is 11.6 Å². The maximum Gasteiger partial charge on any atom is 0.257 e. The van der Waals surface area contributed by atoms with Gasteiger partial charge in [0, 0.05) is 24.7 Å². The van der Waals surface area contributed by atoms with Crippen LogP contribution in [0, 0.1) is 0 Å². The average molecular weight is 447 g/mol. The topological polar surface area (TPSA) is 84.0 Å². The van der Waals surface area contributed by atoms with Gasteiger partial charge in [0.1, 0.15) is 11.5 Å². The Balaban J connectivity index is 1.90. The molecule has 0 aromatic heterocycles. The summed E-state index contributed by atoms with van der Waals surface area (Å²) in [4.78, 5) is 16.2. The van der Waals surface area contributed by atoms with Gasteiger partial charge in [-0.15, -0.1) is 0 Å². The third-order valence-corrected chi connectivity index (χ3v) is 4.71. The number of carbonyl (C=O) groups excluding carboxylic acids is 1. The smallest absolute Gasteiger partial charge is 0.257 e. The maximum absolute atomic E-state index is 11.6. The van der Waals surface area contributed by atoms with Crippen LogP contribution in [0.2, 0.25) is 5.02 Å². The molecule has 31 heavy (non-hydrogen) atoms. The van der Waals surface area contributed by atoms with Gasteiger partial charge in [0.25, 0.3) is 5.91 Å². The quantitative estimate of drug-likeness (QED) is 0.365. The highest BCUT2D eigenvalue weighted by Gasteiger charge is 2.05. The van der Waals surface area contributed by atoms with Gasteiger partial charge in [-0.25, -0.2) is 4.99 Å². The summed E-state index contributed by atoms with van der Waals surface area (Å²) in [5.41, 5.74) is 2.03. The second kappa shape index (κ2) is 13.4. The fourth-order valence-electron chi connectivity index (χ4n) is 2.82. The first kappa shape index (κ1) is 24.3. The summed E-state index contributed by atoms with van der Waals surface area (Å²) in [7, 11) is 1.62. The Hall–Kier alpha value is -2.93. The van der Waals surface area contributed by atoms with Gasteiger partial charge in [-0.05, 0) is 55.7 Å². The molecular formula is C23H31ClN4O3. The molecule has 0 spiro atoms. The van der Waals surface area contributed by atoms with Crippen LogP contribution in [-0.2, 0) is 17.8 Å². The predicted octanol–water partition coefficient (Wildman–Crippen LogP) is 3.16. The van der Waals surface area contributed by atoms with Crippen molar-refractivity contribution < 1.29 is 14.3 Å². The van der Waals surface area contributed by atoms with Crippen LogP contribution in [0.3, 0.4) is 0 Å². The van der Waals surface area contributed by atoms with E-state index < -0.39 is 0 Å². The first-order valence-electron chi connectivity index (χ1n) is 10.4. The number of hydrogen-bond donors (Lipinski definition) is 3. The molecule has 0 aliphatic rings. The molecule has 2 aromatic rings. The second-order valence-electron chi connectivity index (χ2n) is 6.72. The van der Waals surface area contributed by atoms with E-state index in [1.165, 1.54) is 0 Å². The van der Waals surface area contributed by atoms with Crippen molar-refractivity contribution in [2.45, 2.75) is 26.8 Å². The van der Waals surface area contributed by atoms with E-state index in [1.807, 2.05) is 56.3 Å². The summed E-state index contributed by atoms with van der Waals surface area (Å²) in [5, 5.41) is 9.97. The molecule has 1 amide bonds. The number of hydrogen-bond acceptors (Lipinski definition) is 4. The van der Waals surface area contributed by atoms with Crippen molar-refractivity contribution >= 4 is 23.5 Å². The number of guanidine groups is 1. The molecule has 0 saturated heterocycles. The van der Waals surface area contributed by atoms with Crippen LogP contribution in [0.1, 0.15) is 25.0 Å². The lowest BCUT2D eigenvalue weighted by Crippen LogP contribution is -2.38. The molecule has 2 aromatic carbocycles. The van der Waals surface area contributed by atoms with Crippen LogP contribution in [0.15, 0.2) is 47.5 Å². The zero-order valence-electron chi connectivity index (χ0n) is 18.3. The van der Waals surface area contributed by atoms with Gasteiger partial charge < -0.3 is 25.4 Å². The molecule has 0 heterocycles. The highest BCUT2D eigenvalue weighted by molar-refractivity contribution is 6.31. The zero-order chi connectivity index (χ0) is 22.5. The summed E-state index contributed by atoms with van der Waals surface area (Å²) in [6, 6.07) is 13.3. The largest absolute Gasteiger partial charge is 0.497 e. The van der Waals surface area contributed by atoms with Crippen molar-refractivity contribution in [3.63, 3.8) is 0 Å². The molecule has 3 N–H and O–H groups in total. The minimum absolute atomic E-state index is 0.00131. The van der Waals surface area contributed by atoms with Gasteiger partial charge in [0.15, 0.2) is 12.6 Å². The van der Waals surface area contributed by atoms with Crippen LogP contribution < -0.4 is 25.4 Å². The van der Waals surface area contributed by atoms with Crippen LogP contribution in [0.4, 0.5) is 0 Å². The molecule has 0 unspecified atom stereocenters. The van der Waals surface area contributed by atoms with Crippen LogP contribution in [0.5, 0.6) is 11.5 Å². The summed E-state index contributed by atoms with van der Waals surface area (Å²) >= 11 is 6.31. The number of carbonyl (C=O) groups is 1. The minimum atomic E-state index is -0.137.